The Morgan fingerprint density at radius 1 is 1.07 bits per heavy atom. The summed E-state index contributed by atoms with van der Waals surface area (Å²) in [5.74, 6) is 0. The number of anilines is 1. The lowest BCUT2D eigenvalue weighted by Gasteiger charge is -2.09. The monoisotopic (exact) mass is 397 g/mol. The van der Waals surface area contributed by atoms with Crippen LogP contribution in [0.4, 0.5) is 17.1 Å². The lowest BCUT2D eigenvalue weighted by Crippen LogP contribution is -2.09. The average Bonchev–Trinajstić information content (AvgIpc) is 3.01. The molecule has 0 spiro atoms. The lowest BCUT2D eigenvalue weighted by molar-refractivity contribution is -0.393. The molecule has 10 heteroatoms. The van der Waals surface area contributed by atoms with Crippen molar-refractivity contribution < 1.29 is 9.85 Å². The molecule has 0 radical (unpaired) electrons. The van der Waals surface area contributed by atoms with Crippen LogP contribution in [0.3, 0.4) is 0 Å². The molecule has 142 valence electrons. The van der Waals surface area contributed by atoms with Crippen LogP contribution in [0.15, 0.2) is 53.6 Å². The van der Waals surface area contributed by atoms with Gasteiger partial charge in [0, 0.05) is 22.1 Å². The van der Waals surface area contributed by atoms with Gasteiger partial charge in [-0.25, -0.2) is 0 Å². The van der Waals surface area contributed by atoms with Crippen LogP contribution in [0, 0.1) is 34.1 Å². The summed E-state index contributed by atoms with van der Waals surface area (Å²) in [6.07, 6.45) is 0. The summed E-state index contributed by atoms with van der Waals surface area (Å²) in [7, 11) is 0. The number of hydrazone groups is 1. The first-order valence-corrected chi connectivity index (χ1v) is 8.91. The zero-order valence-electron chi connectivity index (χ0n) is 14.9. The molecule has 3 rings (SSSR count). The van der Waals surface area contributed by atoms with Crippen molar-refractivity contribution in [1.29, 1.82) is 0 Å². The molecule has 0 unspecified atom stereocenters. The predicted octanol–water partition coefficient (Wildman–Crippen LogP) is 4.44. The average molecular weight is 397 g/mol. The number of nitro groups is 2. The number of hydrogen-bond acceptors (Lipinski definition) is 8. The molecule has 3 aromatic rings. The largest absolute Gasteiger partial charge is 0.301 e. The van der Waals surface area contributed by atoms with Gasteiger partial charge in [-0.05, 0) is 31.4 Å². The van der Waals surface area contributed by atoms with Crippen molar-refractivity contribution in [2.24, 2.45) is 5.10 Å². The highest BCUT2D eigenvalue weighted by molar-refractivity contribution is 7.06. The summed E-state index contributed by atoms with van der Waals surface area (Å²) in [5, 5.41) is 26.6. The second-order valence-electron chi connectivity index (χ2n) is 5.85. The molecule has 0 aliphatic rings. The smallest absolute Gasteiger partial charge is 0.271 e. The number of hydrogen-bond donors (Lipinski definition) is 1. The van der Waals surface area contributed by atoms with Gasteiger partial charge in [0.2, 0.25) is 0 Å². The van der Waals surface area contributed by atoms with Gasteiger partial charge < -0.3 is 0 Å². The second kappa shape index (κ2) is 7.92. The number of nitrogens with zero attached hydrogens (tertiary/aromatic N) is 4. The van der Waals surface area contributed by atoms with E-state index in [0.29, 0.717) is 5.71 Å². The molecule has 9 nitrogen and oxygen atoms in total. The van der Waals surface area contributed by atoms with Crippen molar-refractivity contribution >= 4 is 34.3 Å². The minimum Gasteiger partial charge on any atom is -0.271 e. The summed E-state index contributed by atoms with van der Waals surface area (Å²) < 4.78 is 4.34. The summed E-state index contributed by atoms with van der Waals surface area (Å²) in [6.45, 7) is 3.79. The van der Waals surface area contributed by atoms with Crippen LogP contribution < -0.4 is 5.43 Å². The Bertz CT molecular complexity index is 1060. The maximum atomic E-state index is 11.3. The summed E-state index contributed by atoms with van der Waals surface area (Å²) in [4.78, 5) is 21.8. The molecule has 0 aliphatic heterocycles. The normalized spacial score (nSPS) is 11.3. The quantitative estimate of drug-likeness (QED) is 0.372. The first-order chi connectivity index (χ1) is 13.4. The first-order valence-electron chi connectivity index (χ1n) is 8.13. The third-order valence-electron chi connectivity index (χ3n) is 3.99. The number of benzene rings is 2. The molecule has 0 saturated carbocycles. The highest BCUT2D eigenvalue weighted by Crippen LogP contribution is 2.29. The molecule has 0 saturated heterocycles. The Morgan fingerprint density at radius 3 is 2.36 bits per heavy atom. The van der Waals surface area contributed by atoms with Crippen molar-refractivity contribution in [3.05, 3.63) is 90.5 Å². The number of aryl methyl sites for hydroxylation is 2. The standard InChI is InChI=1S/C18H15N5O4S/c1-11-17(12(2)28-21-11)18(13-6-4-3-5-7-13)20-19-15-9-8-14(22(24)25)10-16(15)23(26)27/h3-10,19H,1-2H3/b20-18+. The highest BCUT2D eigenvalue weighted by atomic mass is 32.1. The fourth-order valence-corrected chi connectivity index (χ4v) is 3.38. The number of rotatable bonds is 6. The van der Waals surface area contributed by atoms with Crippen LogP contribution in [-0.2, 0) is 0 Å². The van der Waals surface area contributed by atoms with E-state index in [9.17, 15) is 20.2 Å². The zero-order valence-corrected chi connectivity index (χ0v) is 15.8. The van der Waals surface area contributed by atoms with E-state index in [1.54, 1.807) is 0 Å². The predicted molar refractivity (Wildman–Crippen MR) is 107 cm³/mol. The Balaban J connectivity index is 2.08. The number of aromatic nitrogens is 1. The highest BCUT2D eigenvalue weighted by Gasteiger charge is 2.20. The van der Waals surface area contributed by atoms with E-state index < -0.39 is 15.5 Å². The minimum atomic E-state index is -0.685. The van der Waals surface area contributed by atoms with Gasteiger partial charge in [-0.15, -0.1) is 0 Å². The molecular weight excluding hydrogens is 382 g/mol. The van der Waals surface area contributed by atoms with E-state index in [4.69, 9.17) is 0 Å². The summed E-state index contributed by atoms with van der Waals surface area (Å²) in [6, 6.07) is 12.7. The number of nitro benzene ring substituents is 2. The van der Waals surface area contributed by atoms with Gasteiger partial charge in [-0.3, -0.25) is 25.7 Å². The molecule has 2 aromatic carbocycles. The lowest BCUT2D eigenvalue weighted by atomic mass is 10.0. The molecule has 0 amide bonds. The van der Waals surface area contributed by atoms with Gasteiger partial charge in [0.05, 0.1) is 21.6 Å². The van der Waals surface area contributed by atoms with Gasteiger partial charge in [-0.2, -0.15) is 9.47 Å². The van der Waals surface area contributed by atoms with E-state index in [1.165, 1.54) is 23.7 Å². The molecule has 1 heterocycles. The Kier molecular flexibility index (Phi) is 5.41. The van der Waals surface area contributed by atoms with Crippen molar-refractivity contribution in [3.8, 4) is 0 Å². The van der Waals surface area contributed by atoms with Gasteiger partial charge >= 0.3 is 5.69 Å². The summed E-state index contributed by atoms with van der Waals surface area (Å²) >= 11 is 1.35. The topological polar surface area (TPSA) is 124 Å². The van der Waals surface area contributed by atoms with Crippen LogP contribution in [0.5, 0.6) is 0 Å². The van der Waals surface area contributed by atoms with Crippen molar-refractivity contribution in [2.45, 2.75) is 13.8 Å². The fraction of sp³-hybridized carbons (Fsp3) is 0.111. The molecule has 0 atom stereocenters. The van der Waals surface area contributed by atoms with Crippen molar-refractivity contribution in [3.63, 3.8) is 0 Å². The maximum Gasteiger partial charge on any atom is 0.301 e. The van der Waals surface area contributed by atoms with Crippen LogP contribution in [-0.4, -0.2) is 19.9 Å². The molecular formula is C18H15N5O4S. The van der Waals surface area contributed by atoms with E-state index in [1.807, 2.05) is 44.2 Å². The van der Waals surface area contributed by atoms with Gasteiger partial charge in [0.25, 0.3) is 5.69 Å². The Labute approximate surface area is 163 Å². The maximum absolute atomic E-state index is 11.3. The minimum absolute atomic E-state index is 0.0579. The van der Waals surface area contributed by atoms with Crippen LogP contribution >= 0.6 is 11.5 Å². The number of non-ortho nitro benzene ring substituents is 1. The Morgan fingerprint density at radius 2 is 1.79 bits per heavy atom. The van der Waals surface area contributed by atoms with Crippen LogP contribution in [0.1, 0.15) is 21.7 Å². The first kappa shape index (κ1) is 19.1. The van der Waals surface area contributed by atoms with Gasteiger partial charge in [-0.1, -0.05) is 30.3 Å². The van der Waals surface area contributed by atoms with Gasteiger partial charge in [0.1, 0.15) is 11.4 Å². The van der Waals surface area contributed by atoms with E-state index >= 15 is 0 Å². The second-order valence-corrected chi connectivity index (χ2v) is 6.83. The molecule has 0 aliphatic carbocycles. The zero-order chi connectivity index (χ0) is 20.3. The van der Waals surface area contributed by atoms with E-state index in [-0.39, 0.29) is 11.4 Å². The molecule has 0 bridgehead atoms. The van der Waals surface area contributed by atoms with Crippen LogP contribution in [0.2, 0.25) is 0 Å². The SMILES string of the molecule is Cc1nsc(C)c1/C(=N/Nc1ccc([N+](=O)[O-])cc1[N+](=O)[O-])c1ccccc1. The van der Waals surface area contributed by atoms with E-state index in [0.717, 1.165) is 27.8 Å². The van der Waals surface area contributed by atoms with Crippen molar-refractivity contribution in [2.75, 3.05) is 5.43 Å². The molecule has 28 heavy (non-hydrogen) atoms. The van der Waals surface area contributed by atoms with Crippen molar-refractivity contribution in [1.82, 2.24) is 4.37 Å². The Hall–Kier alpha value is -3.66. The molecule has 1 N–H and O–H groups in total. The van der Waals surface area contributed by atoms with E-state index in [2.05, 4.69) is 14.9 Å². The van der Waals surface area contributed by atoms with Crippen LogP contribution in [0.25, 0.3) is 0 Å². The fourth-order valence-electron chi connectivity index (χ4n) is 2.68. The molecule has 1 aromatic heterocycles. The summed E-state index contributed by atoms with van der Waals surface area (Å²) in [5.41, 5.74) is 5.00. The molecule has 0 fully saturated rings. The number of nitrogens with one attached hydrogen (secondary N) is 1. The third kappa shape index (κ3) is 3.86. The van der Waals surface area contributed by atoms with Gasteiger partial charge in [0.15, 0.2) is 0 Å². The third-order valence-corrected chi connectivity index (χ3v) is 4.84.